The summed E-state index contributed by atoms with van der Waals surface area (Å²) in [5.41, 5.74) is 8.43. The predicted octanol–water partition coefficient (Wildman–Crippen LogP) is 10.2. The fraction of sp³-hybridized carbons (Fsp3) is 0. The van der Waals surface area contributed by atoms with Crippen molar-refractivity contribution in [3.8, 4) is 29.0 Å². The van der Waals surface area contributed by atoms with E-state index in [1.165, 1.54) is 21.8 Å². The summed E-state index contributed by atoms with van der Waals surface area (Å²) < 4.78 is 6.68. The number of para-hydroxylation sites is 5. The van der Waals surface area contributed by atoms with Gasteiger partial charge in [-0.3, -0.25) is 14.1 Å². The molecule has 11 aromatic rings. The summed E-state index contributed by atoms with van der Waals surface area (Å²) in [6.45, 7) is 0. The molecule has 0 aliphatic carbocycles. The molecule has 5 aromatic heterocycles. The second-order valence-corrected chi connectivity index (χ2v) is 12.8. The summed E-state index contributed by atoms with van der Waals surface area (Å²) >= 11 is 0. The summed E-state index contributed by atoms with van der Waals surface area (Å²) in [7, 11) is 0. The molecular formula is C44H27N7. The molecule has 0 aliphatic heterocycles. The van der Waals surface area contributed by atoms with Crippen molar-refractivity contribution in [2.24, 2.45) is 0 Å². The van der Waals surface area contributed by atoms with Gasteiger partial charge in [-0.15, -0.1) is 0 Å². The van der Waals surface area contributed by atoms with Crippen LogP contribution in [0.2, 0.25) is 0 Å². The molecule has 0 spiro atoms. The number of pyridine rings is 1. The summed E-state index contributed by atoms with van der Waals surface area (Å²) in [6, 6.07) is 53.2. The Labute approximate surface area is 291 Å². The van der Waals surface area contributed by atoms with Crippen molar-refractivity contribution in [3.05, 3.63) is 164 Å². The van der Waals surface area contributed by atoms with Gasteiger partial charge in [0.15, 0.2) is 5.82 Å². The molecule has 0 aliphatic rings. The van der Waals surface area contributed by atoms with Crippen LogP contribution in [0, 0.1) is 0 Å². The molecule has 0 fully saturated rings. The van der Waals surface area contributed by atoms with Crippen LogP contribution in [-0.2, 0) is 0 Å². The lowest BCUT2D eigenvalue weighted by molar-refractivity contribution is 0.892. The number of aromatic nitrogens is 7. The Bertz CT molecular complexity index is 3040. The van der Waals surface area contributed by atoms with Gasteiger partial charge in [0.1, 0.15) is 0 Å². The lowest BCUT2D eigenvalue weighted by atomic mass is 10.1. The van der Waals surface area contributed by atoms with Gasteiger partial charge in [0.25, 0.3) is 0 Å². The molecule has 0 saturated heterocycles. The SMILES string of the molecule is c1ccc2c(c1)c1ccccc1n2-c1ccc2c(c1)c1ccccc1n2-c1nc(-c2ccncc2)nc(-n2c3ccccc3c3ccccc32)n1. The molecule has 7 nitrogen and oxygen atoms in total. The number of rotatable bonds is 4. The average molecular weight is 654 g/mol. The number of fused-ring (bicyclic) bond motifs is 9. The fourth-order valence-electron chi connectivity index (χ4n) is 7.84. The third-order valence-electron chi connectivity index (χ3n) is 10.0. The standard InChI is InChI=1S/C44H27N7/c1-6-16-36-30(11-1)31-12-2-7-17-37(31)49(36)29-21-22-41-35(27-29)34-15-5-10-20-40(34)51(41)44-47-42(28-23-25-45-26-24-28)46-43(48-44)50-38-18-8-3-13-32(38)33-14-4-9-19-39(33)50/h1-27H. The molecule has 5 heterocycles. The molecule has 0 unspecified atom stereocenters. The minimum Gasteiger partial charge on any atom is -0.309 e. The van der Waals surface area contributed by atoms with Crippen molar-refractivity contribution in [2.75, 3.05) is 0 Å². The second-order valence-electron chi connectivity index (χ2n) is 12.8. The normalized spacial score (nSPS) is 11.9. The third-order valence-corrected chi connectivity index (χ3v) is 10.0. The van der Waals surface area contributed by atoms with Crippen LogP contribution >= 0.6 is 0 Å². The van der Waals surface area contributed by atoms with E-state index in [2.05, 4.69) is 158 Å². The van der Waals surface area contributed by atoms with E-state index in [4.69, 9.17) is 15.0 Å². The smallest absolute Gasteiger partial charge is 0.240 e. The zero-order valence-electron chi connectivity index (χ0n) is 27.2. The third kappa shape index (κ3) is 4.06. The molecule has 0 bridgehead atoms. The Hall–Kier alpha value is -7.12. The first-order chi connectivity index (χ1) is 25.3. The van der Waals surface area contributed by atoms with Gasteiger partial charge in [-0.1, -0.05) is 91.0 Å². The molecule has 51 heavy (non-hydrogen) atoms. The van der Waals surface area contributed by atoms with Gasteiger partial charge >= 0.3 is 0 Å². The lowest BCUT2D eigenvalue weighted by Crippen LogP contribution is -2.10. The second kappa shape index (κ2) is 10.7. The predicted molar refractivity (Wildman–Crippen MR) is 206 cm³/mol. The molecule has 238 valence electrons. The lowest BCUT2D eigenvalue weighted by Gasteiger charge is -2.13. The van der Waals surface area contributed by atoms with Crippen molar-refractivity contribution in [1.82, 2.24) is 33.6 Å². The van der Waals surface area contributed by atoms with E-state index in [9.17, 15) is 0 Å². The van der Waals surface area contributed by atoms with Crippen molar-refractivity contribution in [3.63, 3.8) is 0 Å². The highest BCUT2D eigenvalue weighted by atomic mass is 15.3. The molecule has 0 atom stereocenters. The summed E-state index contributed by atoms with van der Waals surface area (Å²) in [4.78, 5) is 19.8. The molecule has 11 rings (SSSR count). The highest BCUT2D eigenvalue weighted by molar-refractivity contribution is 6.12. The van der Waals surface area contributed by atoms with Crippen LogP contribution in [0.1, 0.15) is 0 Å². The van der Waals surface area contributed by atoms with E-state index < -0.39 is 0 Å². The number of benzene rings is 6. The first-order valence-electron chi connectivity index (χ1n) is 17.0. The van der Waals surface area contributed by atoms with Crippen LogP contribution < -0.4 is 0 Å². The largest absolute Gasteiger partial charge is 0.309 e. The number of nitrogens with zero attached hydrogens (tertiary/aromatic N) is 7. The van der Waals surface area contributed by atoms with Crippen LogP contribution in [-0.4, -0.2) is 33.6 Å². The van der Waals surface area contributed by atoms with Gasteiger partial charge in [0.05, 0.1) is 33.1 Å². The van der Waals surface area contributed by atoms with Crippen LogP contribution in [0.3, 0.4) is 0 Å². The monoisotopic (exact) mass is 653 g/mol. The Morgan fingerprint density at radius 2 is 0.725 bits per heavy atom. The van der Waals surface area contributed by atoms with Crippen LogP contribution in [0.4, 0.5) is 0 Å². The van der Waals surface area contributed by atoms with E-state index in [-0.39, 0.29) is 0 Å². The topological polar surface area (TPSA) is 66.3 Å². The first-order valence-corrected chi connectivity index (χ1v) is 17.0. The average Bonchev–Trinajstić information content (AvgIpc) is 3.84. The molecule has 0 amide bonds. The Balaban J connectivity index is 1.21. The van der Waals surface area contributed by atoms with Gasteiger partial charge in [0.2, 0.25) is 11.9 Å². The molecule has 0 radical (unpaired) electrons. The van der Waals surface area contributed by atoms with Gasteiger partial charge in [0, 0.05) is 56.0 Å². The summed E-state index contributed by atoms with van der Waals surface area (Å²) in [5, 5.41) is 7.02. The Kier molecular flexibility index (Phi) is 5.83. The minimum absolute atomic E-state index is 0.546. The van der Waals surface area contributed by atoms with Gasteiger partial charge in [-0.2, -0.15) is 15.0 Å². The maximum atomic E-state index is 5.28. The molecule has 7 heteroatoms. The van der Waals surface area contributed by atoms with Crippen LogP contribution in [0.25, 0.3) is 94.4 Å². The quantitative estimate of drug-likeness (QED) is 0.190. The van der Waals surface area contributed by atoms with Crippen LogP contribution in [0.15, 0.2) is 164 Å². The highest BCUT2D eigenvalue weighted by Crippen LogP contribution is 2.37. The summed E-state index contributed by atoms with van der Waals surface area (Å²) in [6.07, 6.45) is 3.55. The van der Waals surface area contributed by atoms with Gasteiger partial charge in [-0.25, -0.2) is 0 Å². The van der Waals surface area contributed by atoms with E-state index in [1.807, 2.05) is 12.1 Å². The van der Waals surface area contributed by atoms with E-state index in [0.29, 0.717) is 17.7 Å². The summed E-state index contributed by atoms with van der Waals surface area (Å²) in [5.74, 6) is 1.67. The maximum Gasteiger partial charge on any atom is 0.240 e. The number of hydrogen-bond acceptors (Lipinski definition) is 4. The van der Waals surface area contributed by atoms with Gasteiger partial charge in [-0.05, 0) is 60.7 Å². The maximum absolute atomic E-state index is 5.28. The first kappa shape index (κ1) is 27.8. The van der Waals surface area contributed by atoms with Crippen molar-refractivity contribution in [1.29, 1.82) is 0 Å². The molecule has 6 aromatic carbocycles. The highest BCUT2D eigenvalue weighted by Gasteiger charge is 2.21. The Morgan fingerprint density at radius 3 is 1.20 bits per heavy atom. The molecular weight excluding hydrogens is 627 g/mol. The number of hydrogen-bond donors (Lipinski definition) is 0. The van der Waals surface area contributed by atoms with E-state index in [0.717, 1.165) is 54.9 Å². The minimum atomic E-state index is 0.546. The fourth-order valence-corrected chi connectivity index (χ4v) is 7.84. The van der Waals surface area contributed by atoms with Gasteiger partial charge < -0.3 is 4.57 Å². The Morgan fingerprint density at radius 1 is 0.333 bits per heavy atom. The van der Waals surface area contributed by atoms with E-state index in [1.54, 1.807) is 12.4 Å². The molecule has 0 saturated carbocycles. The van der Waals surface area contributed by atoms with Crippen LogP contribution in [0.5, 0.6) is 0 Å². The van der Waals surface area contributed by atoms with Crippen molar-refractivity contribution in [2.45, 2.75) is 0 Å². The van der Waals surface area contributed by atoms with E-state index >= 15 is 0 Å². The van der Waals surface area contributed by atoms with Crippen molar-refractivity contribution < 1.29 is 0 Å². The zero-order chi connectivity index (χ0) is 33.5. The molecule has 0 N–H and O–H groups in total. The zero-order valence-corrected chi connectivity index (χ0v) is 27.2. The van der Waals surface area contributed by atoms with Crippen molar-refractivity contribution >= 4 is 65.4 Å².